The highest BCUT2D eigenvalue weighted by Crippen LogP contribution is 2.42. The largest absolute Gasteiger partial charge is 0.374 e. The smallest absolute Gasteiger partial charge is 0.143 e. The fraction of sp³-hybridized carbons (Fsp3) is 0.364. The van der Waals surface area contributed by atoms with Crippen LogP contribution >= 0.6 is 0 Å². The number of hydrogen-bond acceptors (Lipinski definition) is 3. The van der Waals surface area contributed by atoms with E-state index in [0.717, 1.165) is 25.1 Å². The van der Waals surface area contributed by atoms with E-state index in [1.54, 1.807) is 0 Å². The van der Waals surface area contributed by atoms with Gasteiger partial charge in [0.25, 0.3) is 0 Å². The van der Waals surface area contributed by atoms with Crippen molar-refractivity contribution >= 4 is 12.0 Å². The molecule has 2 aliphatic rings. The molecule has 1 aromatic rings. The number of hydrogen-bond donors (Lipinski definition) is 2. The van der Waals surface area contributed by atoms with Crippen LogP contribution in [0.25, 0.3) is 0 Å². The molecular weight excluding hydrogens is 176 g/mol. The third kappa shape index (κ3) is 0.780. The number of aldehydes is 1. The zero-order chi connectivity index (χ0) is 9.60. The van der Waals surface area contributed by atoms with Gasteiger partial charge in [-0.05, 0) is 11.6 Å². The number of carbonyl (C=O) groups is 1. The molecule has 1 saturated heterocycles. The van der Waals surface area contributed by atoms with E-state index in [4.69, 9.17) is 0 Å². The maximum Gasteiger partial charge on any atom is 0.143 e. The predicted molar refractivity (Wildman–Crippen MR) is 54.5 cm³/mol. The van der Waals surface area contributed by atoms with Crippen molar-refractivity contribution < 1.29 is 4.79 Å². The van der Waals surface area contributed by atoms with Gasteiger partial charge in [0.1, 0.15) is 6.29 Å². The van der Waals surface area contributed by atoms with Crippen LogP contribution in [-0.2, 0) is 10.2 Å². The fourth-order valence-electron chi connectivity index (χ4n) is 2.49. The summed E-state index contributed by atoms with van der Waals surface area (Å²) in [7, 11) is 0. The summed E-state index contributed by atoms with van der Waals surface area (Å²) in [5.41, 5.74) is 2.43. The average molecular weight is 188 g/mol. The summed E-state index contributed by atoms with van der Waals surface area (Å²) in [6, 6.07) is 8.14. The quantitative estimate of drug-likeness (QED) is 0.631. The molecule has 0 bridgehead atoms. The number of anilines is 1. The lowest BCUT2D eigenvalue weighted by molar-refractivity contribution is -0.110. The Morgan fingerprint density at radius 2 is 2.14 bits per heavy atom. The van der Waals surface area contributed by atoms with Crippen molar-refractivity contribution in [3.63, 3.8) is 0 Å². The molecular formula is C11H12N2O. The second kappa shape index (κ2) is 2.58. The minimum atomic E-state index is -0.0545. The topological polar surface area (TPSA) is 41.1 Å². The third-order valence-electron chi connectivity index (χ3n) is 3.39. The summed E-state index contributed by atoms with van der Waals surface area (Å²) < 4.78 is 0. The standard InChI is InChI=1S/C11H12N2O/c14-5-10-11(6-12-7-11)8-3-1-2-4-9(8)13-10/h1-5,10,12-13H,6-7H2. The van der Waals surface area contributed by atoms with E-state index in [0.29, 0.717) is 0 Å². The molecule has 3 nitrogen and oxygen atoms in total. The number of carbonyl (C=O) groups excluding carboxylic acids is 1. The van der Waals surface area contributed by atoms with Crippen LogP contribution < -0.4 is 10.6 Å². The predicted octanol–water partition coefficient (Wildman–Crippen LogP) is 0.521. The molecule has 3 heteroatoms. The van der Waals surface area contributed by atoms with Crippen molar-refractivity contribution in [2.45, 2.75) is 11.5 Å². The molecule has 1 unspecified atom stereocenters. The Morgan fingerprint density at radius 3 is 2.79 bits per heavy atom. The Hall–Kier alpha value is -1.35. The lowest BCUT2D eigenvalue weighted by Gasteiger charge is -2.42. The van der Waals surface area contributed by atoms with E-state index in [2.05, 4.69) is 16.7 Å². The Labute approximate surface area is 82.5 Å². The molecule has 1 aromatic carbocycles. The summed E-state index contributed by atoms with van der Waals surface area (Å²) >= 11 is 0. The van der Waals surface area contributed by atoms with Gasteiger partial charge in [-0.3, -0.25) is 0 Å². The van der Waals surface area contributed by atoms with E-state index in [1.807, 2.05) is 18.2 Å². The first-order valence-electron chi connectivity index (χ1n) is 4.89. The molecule has 3 rings (SSSR count). The minimum absolute atomic E-state index is 0.0261. The molecule has 0 aromatic heterocycles. The molecule has 0 aliphatic carbocycles. The number of benzene rings is 1. The molecule has 0 amide bonds. The lowest BCUT2D eigenvalue weighted by Crippen LogP contribution is -2.62. The van der Waals surface area contributed by atoms with Crippen LogP contribution in [0.3, 0.4) is 0 Å². The first-order valence-corrected chi connectivity index (χ1v) is 4.89. The molecule has 0 radical (unpaired) electrons. The van der Waals surface area contributed by atoms with E-state index in [1.165, 1.54) is 5.56 Å². The summed E-state index contributed by atoms with van der Waals surface area (Å²) in [6.07, 6.45) is 1.03. The highest BCUT2D eigenvalue weighted by Gasteiger charge is 2.50. The summed E-state index contributed by atoms with van der Waals surface area (Å²) in [4.78, 5) is 11.0. The molecule has 2 heterocycles. The number of nitrogens with one attached hydrogen (secondary N) is 2. The van der Waals surface area contributed by atoms with Crippen LogP contribution in [-0.4, -0.2) is 25.4 Å². The Kier molecular flexibility index (Phi) is 1.47. The van der Waals surface area contributed by atoms with E-state index < -0.39 is 0 Å². The van der Waals surface area contributed by atoms with Gasteiger partial charge in [-0.2, -0.15) is 0 Å². The maximum atomic E-state index is 11.0. The molecule has 72 valence electrons. The number of rotatable bonds is 1. The van der Waals surface area contributed by atoms with Crippen molar-refractivity contribution in [3.05, 3.63) is 29.8 Å². The monoisotopic (exact) mass is 188 g/mol. The first kappa shape index (κ1) is 8.00. The maximum absolute atomic E-state index is 11.0. The van der Waals surface area contributed by atoms with E-state index >= 15 is 0 Å². The van der Waals surface area contributed by atoms with E-state index in [9.17, 15) is 4.79 Å². The lowest BCUT2D eigenvalue weighted by atomic mass is 9.72. The zero-order valence-corrected chi connectivity index (χ0v) is 7.79. The zero-order valence-electron chi connectivity index (χ0n) is 7.79. The van der Waals surface area contributed by atoms with Gasteiger partial charge in [0, 0.05) is 24.2 Å². The normalized spacial score (nSPS) is 26.4. The van der Waals surface area contributed by atoms with Crippen LogP contribution in [0.2, 0.25) is 0 Å². The Morgan fingerprint density at radius 1 is 1.36 bits per heavy atom. The number of para-hydroxylation sites is 1. The van der Waals surface area contributed by atoms with Crippen molar-refractivity contribution in [2.75, 3.05) is 18.4 Å². The van der Waals surface area contributed by atoms with Gasteiger partial charge < -0.3 is 15.4 Å². The van der Waals surface area contributed by atoms with Gasteiger partial charge in [0.2, 0.25) is 0 Å². The van der Waals surface area contributed by atoms with Crippen molar-refractivity contribution in [1.82, 2.24) is 5.32 Å². The SMILES string of the molecule is O=CC1Nc2ccccc2C12CNC2. The van der Waals surface area contributed by atoms with Crippen molar-refractivity contribution in [2.24, 2.45) is 0 Å². The van der Waals surface area contributed by atoms with Gasteiger partial charge in [-0.15, -0.1) is 0 Å². The molecule has 2 N–H and O–H groups in total. The van der Waals surface area contributed by atoms with Gasteiger partial charge in [0.05, 0.1) is 6.04 Å². The second-order valence-corrected chi connectivity index (χ2v) is 4.06. The van der Waals surface area contributed by atoms with Crippen molar-refractivity contribution in [3.8, 4) is 0 Å². The Balaban J connectivity index is 2.13. The molecule has 1 atom stereocenters. The summed E-state index contributed by atoms with van der Waals surface area (Å²) in [5, 5.41) is 6.52. The van der Waals surface area contributed by atoms with Crippen LogP contribution in [0.15, 0.2) is 24.3 Å². The highest BCUT2D eigenvalue weighted by atomic mass is 16.1. The van der Waals surface area contributed by atoms with Crippen LogP contribution in [0, 0.1) is 0 Å². The average Bonchev–Trinajstić information content (AvgIpc) is 2.50. The van der Waals surface area contributed by atoms with Crippen LogP contribution in [0.4, 0.5) is 5.69 Å². The molecule has 14 heavy (non-hydrogen) atoms. The number of fused-ring (bicyclic) bond motifs is 2. The highest BCUT2D eigenvalue weighted by molar-refractivity contribution is 5.77. The van der Waals surface area contributed by atoms with Gasteiger partial charge in [-0.25, -0.2) is 0 Å². The molecule has 1 spiro atoms. The fourth-order valence-corrected chi connectivity index (χ4v) is 2.49. The first-order chi connectivity index (χ1) is 6.87. The van der Waals surface area contributed by atoms with Crippen LogP contribution in [0.5, 0.6) is 0 Å². The molecule has 2 aliphatic heterocycles. The Bertz CT molecular complexity index is 385. The summed E-state index contributed by atoms with van der Waals surface area (Å²) in [5.74, 6) is 0. The molecule has 0 saturated carbocycles. The van der Waals surface area contributed by atoms with Gasteiger partial charge in [-0.1, -0.05) is 18.2 Å². The van der Waals surface area contributed by atoms with Gasteiger partial charge in [0.15, 0.2) is 0 Å². The van der Waals surface area contributed by atoms with Crippen LogP contribution in [0.1, 0.15) is 5.56 Å². The minimum Gasteiger partial charge on any atom is -0.374 e. The van der Waals surface area contributed by atoms with E-state index in [-0.39, 0.29) is 11.5 Å². The molecule has 1 fully saturated rings. The van der Waals surface area contributed by atoms with Crippen molar-refractivity contribution in [1.29, 1.82) is 0 Å². The summed E-state index contributed by atoms with van der Waals surface area (Å²) in [6.45, 7) is 1.81. The van der Waals surface area contributed by atoms with Gasteiger partial charge >= 0.3 is 0 Å². The third-order valence-corrected chi connectivity index (χ3v) is 3.39. The second-order valence-electron chi connectivity index (χ2n) is 4.06.